The number of ether oxygens (including phenoxy) is 1. The number of para-hydroxylation sites is 1. The number of hydrogen-bond acceptors (Lipinski definition) is 4. The van der Waals surface area contributed by atoms with Crippen LogP contribution >= 0.6 is 0 Å². The zero-order chi connectivity index (χ0) is 21.4. The highest BCUT2D eigenvalue weighted by Gasteiger charge is 2.37. The average Bonchev–Trinajstić information content (AvgIpc) is 3.43. The number of anilines is 2. The molecule has 1 aromatic heterocycles. The van der Waals surface area contributed by atoms with Crippen molar-refractivity contribution >= 4 is 23.2 Å². The van der Waals surface area contributed by atoms with E-state index in [1.54, 1.807) is 6.20 Å². The molecule has 0 saturated carbocycles. The molecule has 7 nitrogen and oxygen atoms in total. The first-order valence-corrected chi connectivity index (χ1v) is 10.6. The van der Waals surface area contributed by atoms with Crippen LogP contribution in [0.15, 0.2) is 54.7 Å². The van der Waals surface area contributed by atoms with Crippen LogP contribution in [0.1, 0.15) is 35.8 Å². The molecule has 2 aliphatic heterocycles. The topological polar surface area (TPSA) is 85.2 Å². The van der Waals surface area contributed by atoms with Crippen molar-refractivity contribution in [2.75, 3.05) is 17.2 Å². The minimum absolute atomic E-state index is 0.0282. The van der Waals surface area contributed by atoms with Crippen molar-refractivity contribution in [2.24, 2.45) is 5.92 Å². The minimum atomic E-state index is -0.362. The van der Waals surface area contributed by atoms with Gasteiger partial charge in [0.15, 0.2) is 0 Å². The van der Waals surface area contributed by atoms with E-state index in [9.17, 15) is 9.59 Å². The van der Waals surface area contributed by atoms with Crippen molar-refractivity contribution in [3.05, 3.63) is 71.5 Å². The van der Waals surface area contributed by atoms with Gasteiger partial charge in [-0.15, -0.1) is 0 Å². The van der Waals surface area contributed by atoms with E-state index in [1.807, 2.05) is 60.1 Å². The zero-order valence-electron chi connectivity index (χ0n) is 17.3. The van der Waals surface area contributed by atoms with Gasteiger partial charge in [-0.2, -0.15) is 5.10 Å². The molecule has 5 rings (SSSR count). The maximum absolute atomic E-state index is 13.2. The van der Waals surface area contributed by atoms with Gasteiger partial charge < -0.3 is 15.4 Å². The van der Waals surface area contributed by atoms with Gasteiger partial charge in [0.2, 0.25) is 11.8 Å². The lowest BCUT2D eigenvalue weighted by atomic mass is 9.97. The monoisotopic (exact) mass is 416 g/mol. The van der Waals surface area contributed by atoms with Crippen LogP contribution in [-0.4, -0.2) is 28.2 Å². The Balaban J connectivity index is 1.37. The van der Waals surface area contributed by atoms with Gasteiger partial charge >= 0.3 is 0 Å². The van der Waals surface area contributed by atoms with Gasteiger partial charge in [0.05, 0.1) is 17.3 Å². The molecule has 0 unspecified atom stereocenters. The smallest absolute Gasteiger partial charge is 0.230 e. The Bertz CT molecular complexity index is 1150. The highest BCUT2D eigenvalue weighted by Crippen LogP contribution is 2.37. The fraction of sp³-hybridized carbons (Fsp3) is 0.292. The predicted molar refractivity (Wildman–Crippen MR) is 117 cm³/mol. The molecular formula is C24H24N4O3. The van der Waals surface area contributed by atoms with E-state index >= 15 is 0 Å². The maximum atomic E-state index is 13.2. The Morgan fingerprint density at radius 3 is 2.94 bits per heavy atom. The van der Waals surface area contributed by atoms with Gasteiger partial charge in [0, 0.05) is 30.6 Å². The fourth-order valence-electron chi connectivity index (χ4n) is 4.38. The fourth-order valence-corrected chi connectivity index (χ4v) is 4.38. The lowest BCUT2D eigenvalue weighted by Gasteiger charge is -2.21. The number of nitrogens with one attached hydrogen (secondary N) is 2. The number of aromatic nitrogens is 2. The number of hydrogen-bond donors (Lipinski definition) is 2. The van der Waals surface area contributed by atoms with Gasteiger partial charge in [-0.25, -0.2) is 4.68 Å². The number of carbonyl (C=O) groups is 2. The van der Waals surface area contributed by atoms with Crippen LogP contribution in [0.5, 0.6) is 0 Å². The van der Waals surface area contributed by atoms with Crippen LogP contribution in [0.2, 0.25) is 0 Å². The highest BCUT2D eigenvalue weighted by molar-refractivity contribution is 5.96. The zero-order valence-corrected chi connectivity index (χ0v) is 17.3. The number of aryl methyl sites for hydroxylation is 2. The van der Waals surface area contributed by atoms with Gasteiger partial charge in [-0.3, -0.25) is 9.59 Å². The number of fused-ring (bicyclic) bond motifs is 1. The molecule has 3 heterocycles. The first kappa shape index (κ1) is 19.5. The van der Waals surface area contributed by atoms with E-state index in [2.05, 4.69) is 15.7 Å². The van der Waals surface area contributed by atoms with Gasteiger partial charge in [-0.05, 0) is 61.2 Å². The molecule has 2 atom stereocenters. The maximum Gasteiger partial charge on any atom is 0.230 e. The van der Waals surface area contributed by atoms with Crippen LogP contribution in [0, 0.1) is 12.8 Å². The summed E-state index contributed by atoms with van der Waals surface area (Å²) < 4.78 is 7.87. The summed E-state index contributed by atoms with van der Waals surface area (Å²) in [4.78, 5) is 24.7. The molecule has 158 valence electrons. The van der Waals surface area contributed by atoms with Gasteiger partial charge in [0.25, 0.3) is 0 Å². The molecule has 3 aromatic rings. The van der Waals surface area contributed by atoms with Crippen LogP contribution in [-0.2, 0) is 20.7 Å². The molecule has 2 N–H and O–H groups in total. The normalized spacial score (nSPS) is 20.2. The van der Waals surface area contributed by atoms with Crippen LogP contribution < -0.4 is 10.6 Å². The number of benzene rings is 2. The number of nitrogens with zero attached hydrogens (tertiary/aromatic N) is 2. The number of amides is 2. The molecule has 2 amide bonds. The second-order valence-corrected chi connectivity index (χ2v) is 8.05. The number of rotatable bonds is 4. The van der Waals surface area contributed by atoms with Crippen molar-refractivity contribution in [3.8, 4) is 5.69 Å². The summed E-state index contributed by atoms with van der Waals surface area (Å²) >= 11 is 0. The Hall–Kier alpha value is -3.45. The largest absolute Gasteiger partial charge is 0.371 e. The lowest BCUT2D eigenvalue weighted by Crippen LogP contribution is -2.27. The molecule has 0 aliphatic carbocycles. The van der Waals surface area contributed by atoms with Crippen molar-refractivity contribution in [1.82, 2.24) is 9.78 Å². The van der Waals surface area contributed by atoms with E-state index in [4.69, 9.17) is 4.74 Å². The van der Waals surface area contributed by atoms with Crippen molar-refractivity contribution < 1.29 is 14.3 Å². The highest BCUT2D eigenvalue weighted by atomic mass is 16.5. The van der Waals surface area contributed by atoms with Gasteiger partial charge in [0.1, 0.15) is 6.10 Å². The summed E-state index contributed by atoms with van der Waals surface area (Å²) in [5, 5.41) is 10.4. The third kappa shape index (κ3) is 3.72. The van der Waals surface area contributed by atoms with E-state index in [1.165, 1.54) is 0 Å². The molecule has 0 radical (unpaired) electrons. The summed E-state index contributed by atoms with van der Waals surface area (Å²) in [6, 6.07) is 15.6. The number of carbonyl (C=O) groups excluding carboxylic acids is 2. The summed E-state index contributed by atoms with van der Waals surface area (Å²) in [6.07, 6.45) is 3.17. The quantitative estimate of drug-likeness (QED) is 0.678. The molecule has 2 aliphatic rings. The second kappa shape index (κ2) is 8.00. The Morgan fingerprint density at radius 1 is 1.19 bits per heavy atom. The molecule has 0 bridgehead atoms. The van der Waals surface area contributed by atoms with Crippen molar-refractivity contribution in [1.29, 1.82) is 0 Å². The van der Waals surface area contributed by atoms with Crippen molar-refractivity contribution in [3.63, 3.8) is 0 Å². The Labute approximate surface area is 180 Å². The Morgan fingerprint density at radius 2 is 2.06 bits per heavy atom. The SMILES string of the molecule is Cc1ccccc1-n1nccc1[C@H]1OCC[C@@H]1C(=O)Nc1ccc2c(c1)CCC(=O)N2. The summed E-state index contributed by atoms with van der Waals surface area (Å²) in [5.41, 5.74) is 5.55. The van der Waals surface area contributed by atoms with Crippen molar-refractivity contribution in [2.45, 2.75) is 32.3 Å². The second-order valence-electron chi connectivity index (χ2n) is 8.05. The predicted octanol–water partition coefficient (Wildman–Crippen LogP) is 3.78. The summed E-state index contributed by atoms with van der Waals surface area (Å²) in [7, 11) is 0. The molecule has 7 heteroatoms. The Kier molecular flexibility index (Phi) is 5.03. The first-order valence-electron chi connectivity index (χ1n) is 10.6. The van der Waals surface area contributed by atoms with Crippen LogP contribution in [0.3, 0.4) is 0 Å². The van der Waals surface area contributed by atoms with E-state index < -0.39 is 0 Å². The molecule has 1 saturated heterocycles. The molecule has 2 aromatic carbocycles. The van der Waals surface area contributed by atoms with Gasteiger partial charge in [-0.1, -0.05) is 18.2 Å². The lowest BCUT2D eigenvalue weighted by molar-refractivity contribution is -0.121. The molecule has 31 heavy (non-hydrogen) atoms. The van der Waals surface area contributed by atoms with Crippen LogP contribution in [0.25, 0.3) is 5.69 Å². The first-order chi connectivity index (χ1) is 15.1. The molecule has 0 spiro atoms. The van der Waals surface area contributed by atoms with E-state index in [0.29, 0.717) is 25.9 Å². The third-order valence-corrected chi connectivity index (χ3v) is 6.00. The standard InChI is InChI=1S/C24H24N4O3/c1-15-4-2-3-5-20(15)28-21(10-12-25-28)23-18(11-13-31-23)24(30)26-17-7-8-19-16(14-17)6-9-22(29)27-19/h2-5,7-8,10,12,14,18,23H,6,9,11,13H2,1H3,(H,26,30)(H,27,29)/t18-,23-/m0/s1. The van der Waals surface area contributed by atoms with Crippen LogP contribution in [0.4, 0.5) is 11.4 Å². The molecular weight excluding hydrogens is 392 g/mol. The third-order valence-electron chi connectivity index (χ3n) is 6.00. The minimum Gasteiger partial charge on any atom is -0.371 e. The van der Waals surface area contributed by atoms with E-state index in [0.717, 1.165) is 33.9 Å². The average molecular weight is 416 g/mol. The summed E-state index contributed by atoms with van der Waals surface area (Å²) in [6.45, 7) is 2.57. The molecule has 1 fully saturated rings. The summed E-state index contributed by atoms with van der Waals surface area (Å²) in [5.74, 6) is -0.351. The van der Waals surface area contributed by atoms with E-state index in [-0.39, 0.29) is 23.8 Å².